The van der Waals surface area contributed by atoms with E-state index in [-0.39, 0.29) is 19.4 Å². The molecule has 0 bridgehead atoms. The van der Waals surface area contributed by atoms with Crippen molar-refractivity contribution in [1.82, 2.24) is 0 Å². The molecule has 0 aromatic carbocycles. The smallest absolute Gasteiger partial charge is 0.462 e. The Balaban J connectivity index is 4.31. The molecule has 1 unspecified atom stereocenters. The Morgan fingerprint density at radius 3 is 1.57 bits per heavy atom. The highest BCUT2D eigenvalue weighted by Gasteiger charge is 2.27. The van der Waals surface area contributed by atoms with Crippen LogP contribution in [-0.4, -0.2) is 65.7 Å². The van der Waals surface area contributed by atoms with E-state index in [0.717, 1.165) is 38.5 Å². The van der Waals surface area contributed by atoms with Gasteiger partial charge >= 0.3 is 19.8 Å². The lowest BCUT2D eigenvalue weighted by Gasteiger charge is -2.20. The van der Waals surface area contributed by atoms with Gasteiger partial charge in [0.25, 0.3) is 0 Å². The summed E-state index contributed by atoms with van der Waals surface area (Å²) < 4.78 is 32.6. The van der Waals surface area contributed by atoms with E-state index in [0.29, 0.717) is 12.8 Å². The first-order valence-electron chi connectivity index (χ1n) is 21.3. The molecule has 0 saturated heterocycles. The number of aliphatic hydroxyl groups excluding tert-OH is 2. The standard InChI is InChI=1S/C42H79O10P/c1-3-5-7-9-11-13-15-17-19-21-23-25-27-29-31-33-41(45)49-37-40(38-51-53(47,48)50-36-39(44)35-43)52-42(46)34-32-30-28-26-24-22-20-18-16-14-12-10-8-6-4-2/h4,27,29,39-40,43-44H,2-3,5-26,28,30-38H2,1H3,(H,47,48)/b29-27+/t39-,40+/m0/s1. The summed E-state index contributed by atoms with van der Waals surface area (Å²) >= 11 is 0. The highest BCUT2D eigenvalue weighted by molar-refractivity contribution is 7.47. The molecule has 0 aliphatic carbocycles. The van der Waals surface area contributed by atoms with Gasteiger partial charge in [0.05, 0.1) is 19.8 Å². The van der Waals surface area contributed by atoms with Crippen LogP contribution in [0.5, 0.6) is 0 Å². The van der Waals surface area contributed by atoms with E-state index in [1.165, 1.54) is 122 Å². The van der Waals surface area contributed by atoms with Crippen LogP contribution in [0.25, 0.3) is 0 Å². The molecule has 0 rings (SSSR count). The minimum absolute atomic E-state index is 0.160. The molecule has 53 heavy (non-hydrogen) atoms. The summed E-state index contributed by atoms with van der Waals surface area (Å²) in [6, 6.07) is 0. The van der Waals surface area contributed by atoms with Crippen molar-refractivity contribution in [3.8, 4) is 0 Å². The van der Waals surface area contributed by atoms with Crippen LogP contribution in [0.4, 0.5) is 0 Å². The summed E-state index contributed by atoms with van der Waals surface area (Å²) in [6.45, 7) is 3.87. The molecule has 0 saturated carbocycles. The summed E-state index contributed by atoms with van der Waals surface area (Å²) in [5.74, 6) is -0.979. The predicted octanol–water partition coefficient (Wildman–Crippen LogP) is 11.0. The highest BCUT2D eigenvalue weighted by Crippen LogP contribution is 2.43. The third-order valence-electron chi connectivity index (χ3n) is 9.24. The third-order valence-corrected chi connectivity index (χ3v) is 10.2. The molecule has 0 aromatic heterocycles. The Labute approximate surface area is 323 Å². The van der Waals surface area contributed by atoms with E-state index in [1.807, 2.05) is 12.2 Å². The van der Waals surface area contributed by atoms with Gasteiger partial charge in [-0.2, -0.15) is 0 Å². The van der Waals surface area contributed by atoms with Crippen LogP contribution in [0.15, 0.2) is 24.8 Å². The average molecular weight is 775 g/mol. The van der Waals surface area contributed by atoms with Crippen LogP contribution in [0.3, 0.4) is 0 Å². The first-order chi connectivity index (χ1) is 25.7. The number of phosphoric ester groups is 1. The Hall–Kier alpha value is -1.55. The lowest BCUT2D eigenvalue weighted by atomic mass is 10.0. The second-order valence-electron chi connectivity index (χ2n) is 14.4. The number of hydrogen-bond acceptors (Lipinski definition) is 9. The fraction of sp³-hybridized carbons (Fsp3) is 0.857. The molecule has 11 heteroatoms. The monoisotopic (exact) mass is 775 g/mol. The van der Waals surface area contributed by atoms with Crippen molar-refractivity contribution >= 4 is 19.8 Å². The number of hydrogen-bond donors (Lipinski definition) is 3. The van der Waals surface area contributed by atoms with Gasteiger partial charge in [-0.15, -0.1) is 6.58 Å². The van der Waals surface area contributed by atoms with Crippen molar-refractivity contribution in [3.63, 3.8) is 0 Å². The van der Waals surface area contributed by atoms with Gasteiger partial charge in [0.2, 0.25) is 0 Å². The third kappa shape index (κ3) is 38.5. The molecule has 0 aliphatic heterocycles. The molecule has 0 fully saturated rings. The van der Waals surface area contributed by atoms with Crippen LogP contribution >= 0.6 is 7.82 Å². The SMILES string of the molecule is C=CCCCCCCCCCCCCCCCC(=O)O[C@H](COC(=O)CC/C=C/CCCCCCCCCCCCC)COP(=O)(O)OC[C@@H](O)CO. The van der Waals surface area contributed by atoms with Crippen LogP contribution in [-0.2, 0) is 32.7 Å². The molecule has 0 radical (unpaired) electrons. The second-order valence-corrected chi connectivity index (χ2v) is 15.9. The van der Waals surface area contributed by atoms with Gasteiger partial charge in [-0.05, 0) is 38.5 Å². The average Bonchev–Trinajstić information content (AvgIpc) is 3.14. The number of esters is 2. The molecule has 0 amide bonds. The van der Waals surface area contributed by atoms with E-state index in [4.69, 9.17) is 19.1 Å². The van der Waals surface area contributed by atoms with E-state index in [2.05, 4.69) is 24.1 Å². The molecule has 10 nitrogen and oxygen atoms in total. The molecule has 0 spiro atoms. The zero-order chi connectivity index (χ0) is 39.1. The van der Waals surface area contributed by atoms with Gasteiger partial charge in [0.1, 0.15) is 12.7 Å². The van der Waals surface area contributed by atoms with Crippen molar-refractivity contribution < 1.29 is 47.8 Å². The van der Waals surface area contributed by atoms with Crippen molar-refractivity contribution in [3.05, 3.63) is 24.8 Å². The molecule has 3 atom stereocenters. The molecular formula is C42H79O10P. The lowest BCUT2D eigenvalue weighted by molar-refractivity contribution is -0.161. The van der Waals surface area contributed by atoms with Gasteiger partial charge in [0, 0.05) is 12.8 Å². The molecule has 3 N–H and O–H groups in total. The maximum absolute atomic E-state index is 12.6. The number of carbonyl (C=O) groups excluding carboxylic acids is 2. The maximum Gasteiger partial charge on any atom is 0.472 e. The molecular weight excluding hydrogens is 695 g/mol. The first kappa shape index (κ1) is 51.5. The van der Waals surface area contributed by atoms with Crippen molar-refractivity contribution in [1.29, 1.82) is 0 Å². The second kappa shape index (κ2) is 38.7. The number of rotatable bonds is 41. The van der Waals surface area contributed by atoms with Crippen LogP contribution < -0.4 is 0 Å². The lowest BCUT2D eigenvalue weighted by Crippen LogP contribution is -2.29. The molecule has 312 valence electrons. The van der Waals surface area contributed by atoms with Crippen molar-refractivity contribution in [2.24, 2.45) is 0 Å². The van der Waals surface area contributed by atoms with E-state index in [9.17, 15) is 24.2 Å². The van der Waals surface area contributed by atoms with Gasteiger partial charge in [0.15, 0.2) is 6.10 Å². The van der Waals surface area contributed by atoms with E-state index >= 15 is 0 Å². The predicted molar refractivity (Wildman–Crippen MR) is 215 cm³/mol. The summed E-state index contributed by atoms with van der Waals surface area (Å²) in [7, 11) is -4.62. The Bertz CT molecular complexity index is 928. The van der Waals surface area contributed by atoms with Gasteiger partial charge in [-0.1, -0.05) is 160 Å². The van der Waals surface area contributed by atoms with Gasteiger partial charge < -0.3 is 24.6 Å². The van der Waals surface area contributed by atoms with Crippen LogP contribution in [0.1, 0.15) is 193 Å². The number of allylic oxidation sites excluding steroid dienone is 3. The van der Waals surface area contributed by atoms with Crippen molar-refractivity contribution in [2.75, 3.05) is 26.4 Å². The van der Waals surface area contributed by atoms with Gasteiger partial charge in [-0.3, -0.25) is 18.6 Å². The number of ether oxygens (including phenoxy) is 2. The summed E-state index contributed by atoms with van der Waals surface area (Å²) in [5, 5.41) is 18.3. The summed E-state index contributed by atoms with van der Waals surface area (Å²) in [5.41, 5.74) is 0. The fourth-order valence-electron chi connectivity index (χ4n) is 5.93. The van der Waals surface area contributed by atoms with E-state index in [1.54, 1.807) is 0 Å². The number of unbranched alkanes of at least 4 members (excludes halogenated alkanes) is 24. The Kier molecular flexibility index (Phi) is 37.6. The van der Waals surface area contributed by atoms with Crippen molar-refractivity contribution in [2.45, 2.75) is 205 Å². The highest BCUT2D eigenvalue weighted by atomic mass is 31.2. The zero-order valence-electron chi connectivity index (χ0n) is 33.6. The van der Waals surface area contributed by atoms with Crippen LogP contribution in [0.2, 0.25) is 0 Å². The molecule has 0 heterocycles. The van der Waals surface area contributed by atoms with E-state index < -0.39 is 51.8 Å². The Morgan fingerprint density at radius 2 is 1.06 bits per heavy atom. The number of carbonyl (C=O) groups is 2. The first-order valence-corrected chi connectivity index (χ1v) is 22.7. The topological polar surface area (TPSA) is 149 Å². The summed E-state index contributed by atoms with van der Waals surface area (Å²) in [4.78, 5) is 34.9. The number of phosphoric acid groups is 1. The maximum atomic E-state index is 12.6. The van der Waals surface area contributed by atoms with Gasteiger partial charge in [-0.25, -0.2) is 4.57 Å². The minimum Gasteiger partial charge on any atom is -0.462 e. The summed E-state index contributed by atoms with van der Waals surface area (Å²) in [6.07, 6.45) is 36.2. The Morgan fingerprint density at radius 1 is 0.604 bits per heavy atom. The number of aliphatic hydroxyl groups is 2. The zero-order valence-corrected chi connectivity index (χ0v) is 34.5. The molecule has 0 aliphatic rings. The minimum atomic E-state index is -4.62. The quantitative estimate of drug-likeness (QED) is 0.0237. The largest absolute Gasteiger partial charge is 0.472 e. The normalized spacial score (nSPS) is 13.9. The van der Waals surface area contributed by atoms with Crippen LogP contribution in [0, 0.1) is 0 Å². The molecule has 0 aromatic rings. The fourth-order valence-corrected chi connectivity index (χ4v) is 6.72.